The van der Waals surface area contributed by atoms with Crippen molar-refractivity contribution in [1.29, 1.82) is 0 Å². The van der Waals surface area contributed by atoms with Crippen LogP contribution in [0.25, 0.3) is 0 Å². The Morgan fingerprint density at radius 3 is 2.80 bits per heavy atom. The van der Waals surface area contributed by atoms with Gasteiger partial charge in [-0.3, -0.25) is 4.90 Å². The Morgan fingerprint density at radius 2 is 2.25 bits per heavy atom. The monoisotopic (exact) mass is 295 g/mol. The van der Waals surface area contributed by atoms with E-state index in [-0.39, 0.29) is 0 Å². The summed E-state index contributed by atoms with van der Waals surface area (Å²) in [4.78, 5) is 7.00. The molecule has 0 radical (unpaired) electrons. The first kappa shape index (κ1) is 15.9. The molecule has 1 N–H and O–H groups in total. The fraction of sp³-hybridized carbons (Fsp3) is 0.812. The molecular formula is C16H29N3S. The Labute approximate surface area is 127 Å². The van der Waals surface area contributed by atoms with Gasteiger partial charge in [-0.05, 0) is 38.6 Å². The zero-order valence-electron chi connectivity index (χ0n) is 13.4. The van der Waals surface area contributed by atoms with Crippen LogP contribution in [-0.2, 0) is 6.54 Å². The largest absolute Gasteiger partial charge is 0.313 e. The van der Waals surface area contributed by atoms with Crippen LogP contribution in [0.2, 0.25) is 0 Å². The average molecular weight is 295 g/mol. The third kappa shape index (κ3) is 5.15. The van der Waals surface area contributed by atoms with Crippen LogP contribution >= 0.6 is 11.3 Å². The van der Waals surface area contributed by atoms with Crippen molar-refractivity contribution in [2.75, 3.05) is 20.1 Å². The van der Waals surface area contributed by atoms with Gasteiger partial charge in [0.1, 0.15) is 0 Å². The van der Waals surface area contributed by atoms with Crippen LogP contribution in [0.5, 0.6) is 0 Å². The molecule has 1 atom stereocenters. The molecule has 0 saturated heterocycles. The van der Waals surface area contributed by atoms with Gasteiger partial charge in [0.05, 0.1) is 10.7 Å². The summed E-state index contributed by atoms with van der Waals surface area (Å²) in [5.74, 6) is 0. The Morgan fingerprint density at radius 1 is 1.50 bits per heavy atom. The molecular weight excluding hydrogens is 266 g/mol. The van der Waals surface area contributed by atoms with Gasteiger partial charge in [-0.25, -0.2) is 4.98 Å². The third-order valence-corrected chi connectivity index (χ3v) is 4.82. The van der Waals surface area contributed by atoms with Crippen molar-refractivity contribution in [2.24, 2.45) is 5.41 Å². The smallest absolute Gasteiger partial charge is 0.0897 e. The van der Waals surface area contributed by atoms with Gasteiger partial charge in [-0.1, -0.05) is 20.3 Å². The van der Waals surface area contributed by atoms with Crippen molar-refractivity contribution >= 4 is 11.3 Å². The highest BCUT2D eigenvalue weighted by Crippen LogP contribution is 2.27. The molecule has 1 aliphatic carbocycles. The highest BCUT2D eigenvalue weighted by atomic mass is 32.1. The van der Waals surface area contributed by atoms with E-state index in [1.807, 2.05) is 0 Å². The van der Waals surface area contributed by atoms with Gasteiger partial charge in [-0.15, -0.1) is 11.3 Å². The second-order valence-electron chi connectivity index (χ2n) is 6.75. The van der Waals surface area contributed by atoms with E-state index in [2.05, 4.69) is 48.4 Å². The Hall–Kier alpha value is -0.450. The van der Waals surface area contributed by atoms with Crippen molar-refractivity contribution in [3.63, 3.8) is 0 Å². The SMILES string of the molecule is CCCC(C)(CNC1CC1)CN(C)Cc1csc(C)n1. The molecule has 20 heavy (non-hydrogen) atoms. The predicted molar refractivity (Wildman–Crippen MR) is 87.2 cm³/mol. The molecule has 1 aromatic heterocycles. The van der Waals surface area contributed by atoms with Gasteiger partial charge in [0.2, 0.25) is 0 Å². The van der Waals surface area contributed by atoms with Crippen molar-refractivity contribution in [1.82, 2.24) is 15.2 Å². The number of nitrogens with one attached hydrogen (secondary N) is 1. The lowest BCUT2D eigenvalue weighted by Crippen LogP contribution is -2.41. The number of thiazole rings is 1. The molecule has 1 aliphatic rings. The average Bonchev–Trinajstić information content (AvgIpc) is 3.11. The zero-order valence-corrected chi connectivity index (χ0v) is 14.2. The maximum Gasteiger partial charge on any atom is 0.0897 e. The van der Waals surface area contributed by atoms with E-state index in [0.29, 0.717) is 5.41 Å². The molecule has 3 nitrogen and oxygen atoms in total. The van der Waals surface area contributed by atoms with Gasteiger partial charge in [0.15, 0.2) is 0 Å². The number of aryl methyl sites for hydroxylation is 1. The van der Waals surface area contributed by atoms with Gasteiger partial charge in [0, 0.05) is 31.1 Å². The number of nitrogens with zero attached hydrogens (tertiary/aromatic N) is 2. The normalized spacial score (nSPS) is 18.4. The van der Waals surface area contributed by atoms with Crippen molar-refractivity contribution in [3.8, 4) is 0 Å². The Balaban J connectivity index is 1.84. The summed E-state index contributed by atoms with van der Waals surface area (Å²) >= 11 is 1.75. The van der Waals surface area contributed by atoms with Crippen LogP contribution in [0.4, 0.5) is 0 Å². The lowest BCUT2D eigenvalue weighted by atomic mass is 9.84. The Kier molecular flexibility index (Phi) is 5.58. The number of hydrogen-bond donors (Lipinski definition) is 1. The summed E-state index contributed by atoms with van der Waals surface area (Å²) in [5.41, 5.74) is 1.58. The maximum absolute atomic E-state index is 4.57. The second kappa shape index (κ2) is 7.01. The first-order valence-electron chi connectivity index (χ1n) is 7.84. The molecule has 0 amide bonds. The molecule has 2 rings (SSSR count). The molecule has 0 bridgehead atoms. The molecule has 114 valence electrons. The summed E-state index contributed by atoms with van der Waals surface area (Å²) in [6.45, 7) is 10.0. The first-order chi connectivity index (χ1) is 9.50. The molecule has 1 fully saturated rings. The number of hydrogen-bond acceptors (Lipinski definition) is 4. The maximum atomic E-state index is 4.57. The fourth-order valence-corrected chi connectivity index (χ4v) is 3.57. The summed E-state index contributed by atoms with van der Waals surface area (Å²) in [5, 5.41) is 7.07. The highest BCUT2D eigenvalue weighted by Gasteiger charge is 2.29. The number of rotatable bonds is 9. The van der Waals surface area contributed by atoms with Crippen LogP contribution in [0.15, 0.2) is 5.38 Å². The minimum absolute atomic E-state index is 0.372. The van der Waals surface area contributed by atoms with Crippen LogP contribution < -0.4 is 5.32 Å². The lowest BCUT2D eigenvalue weighted by molar-refractivity contribution is 0.167. The van der Waals surface area contributed by atoms with Crippen LogP contribution in [0.3, 0.4) is 0 Å². The molecule has 0 aromatic carbocycles. The summed E-state index contributed by atoms with van der Waals surface area (Å²) < 4.78 is 0. The van der Waals surface area contributed by atoms with Crippen LogP contribution in [-0.4, -0.2) is 36.1 Å². The van der Waals surface area contributed by atoms with Gasteiger partial charge in [0.25, 0.3) is 0 Å². The molecule has 4 heteroatoms. The van der Waals surface area contributed by atoms with Crippen molar-refractivity contribution < 1.29 is 0 Å². The van der Waals surface area contributed by atoms with Crippen LogP contribution in [0, 0.1) is 12.3 Å². The molecule has 1 aromatic rings. The number of aromatic nitrogens is 1. The molecule has 0 spiro atoms. The van der Waals surface area contributed by atoms with Crippen molar-refractivity contribution in [3.05, 3.63) is 16.1 Å². The summed E-state index contributed by atoms with van der Waals surface area (Å²) in [6, 6.07) is 0.803. The minimum Gasteiger partial charge on any atom is -0.313 e. The fourth-order valence-electron chi connectivity index (χ4n) is 2.97. The highest BCUT2D eigenvalue weighted by molar-refractivity contribution is 7.09. The van der Waals surface area contributed by atoms with E-state index in [1.54, 1.807) is 11.3 Å². The van der Waals surface area contributed by atoms with Gasteiger partial charge < -0.3 is 5.32 Å². The first-order valence-corrected chi connectivity index (χ1v) is 8.72. The van der Waals surface area contributed by atoms with E-state index in [1.165, 1.54) is 36.4 Å². The molecule has 1 heterocycles. The minimum atomic E-state index is 0.372. The van der Waals surface area contributed by atoms with Crippen LogP contribution in [0.1, 0.15) is 50.2 Å². The zero-order chi connectivity index (χ0) is 14.6. The quantitative estimate of drug-likeness (QED) is 0.756. The predicted octanol–water partition coefficient (Wildman–Crippen LogP) is 3.44. The lowest BCUT2D eigenvalue weighted by Gasteiger charge is -2.34. The summed E-state index contributed by atoms with van der Waals surface area (Å²) in [7, 11) is 2.22. The van der Waals surface area contributed by atoms with Gasteiger partial charge >= 0.3 is 0 Å². The third-order valence-electron chi connectivity index (χ3n) is 4.00. The standard InChI is InChI=1S/C16H29N3S/c1-5-8-16(3,11-17-14-6-7-14)12-19(4)9-15-10-20-13(2)18-15/h10,14,17H,5-9,11-12H2,1-4H3. The second-order valence-corrected chi connectivity index (χ2v) is 7.81. The molecule has 1 saturated carbocycles. The van der Waals surface area contributed by atoms with E-state index in [9.17, 15) is 0 Å². The van der Waals surface area contributed by atoms with E-state index in [0.717, 1.165) is 25.7 Å². The van der Waals surface area contributed by atoms with E-state index >= 15 is 0 Å². The van der Waals surface area contributed by atoms with E-state index < -0.39 is 0 Å². The Bertz CT molecular complexity index is 414. The summed E-state index contributed by atoms with van der Waals surface area (Å²) in [6.07, 6.45) is 5.28. The van der Waals surface area contributed by atoms with E-state index in [4.69, 9.17) is 0 Å². The topological polar surface area (TPSA) is 28.2 Å². The molecule has 1 unspecified atom stereocenters. The van der Waals surface area contributed by atoms with Gasteiger partial charge in [-0.2, -0.15) is 0 Å². The van der Waals surface area contributed by atoms with Crippen molar-refractivity contribution in [2.45, 2.75) is 59.0 Å². The molecule has 0 aliphatic heterocycles.